The van der Waals surface area contributed by atoms with Crippen LogP contribution in [0.25, 0.3) is 5.69 Å². The Morgan fingerprint density at radius 3 is 2.54 bits per heavy atom. The lowest BCUT2D eigenvalue weighted by Gasteiger charge is -2.14. The number of hydrogen-bond acceptors (Lipinski definition) is 4. The maximum Gasteiger partial charge on any atom is 0.368 e. The van der Waals surface area contributed by atoms with Gasteiger partial charge in [-0.25, -0.2) is 4.79 Å². The molecule has 0 saturated heterocycles. The van der Waals surface area contributed by atoms with Crippen molar-refractivity contribution in [3.63, 3.8) is 0 Å². The van der Waals surface area contributed by atoms with E-state index < -0.39 is 0 Å². The summed E-state index contributed by atoms with van der Waals surface area (Å²) in [5, 5.41) is 7.72. The number of rotatable bonds is 4. The van der Waals surface area contributed by atoms with Gasteiger partial charge in [0.15, 0.2) is 0 Å². The third kappa shape index (κ3) is 2.95. The van der Waals surface area contributed by atoms with Crippen molar-refractivity contribution in [1.82, 2.24) is 19.8 Å². The highest BCUT2D eigenvalue weighted by Crippen LogP contribution is 2.23. The van der Waals surface area contributed by atoms with Crippen molar-refractivity contribution in [3.8, 4) is 11.4 Å². The smallest absolute Gasteiger partial charge is 0.368 e. The van der Waals surface area contributed by atoms with Crippen LogP contribution in [-0.2, 0) is 13.7 Å². The highest BCUT2D eigenvalue weighted by molar-refractivity contribution is 5.45. The van der Waals surface area contributed by atoms with Crippen LogP contribution in [0.4, 0.5) is 0 Å². The molecule has 24 heavy (non-hydrogen) atoms. The first-order valence-corrected chi connectivity index (χ1v) is 7.75. The summed E-state index contributed by atoms with van der Waals surface area (Å²) in [6.45, 7) is 6.40. The highest BCUT2D eigenvalue weighted by atomic mass is 16.5. The largest absolute Gasteiger partial charge is 0.489 e. The predicted molar refractivity (Wildman–Crippen MR) is 91.6 cm³/mol. The molecule has 0 saturated carbocycles. The van der Waals surface area contributed by atoms with Crippen LogP contribution in [0.15, 0.2) is 41.2 Å². The zero-order chi connectivity index (χ0) is 17.3. The molecule has 0 atom stereocenters. The van der Waals surface area contributed by atoms with E-state index in [9.17, 15) is 4.79 Å². The fourth-order valence-corrected chi connectivity index (χ4v) is 2.55. The summed E-state index contributed by atoms with van der Waals surface area (Å²) < 4.78 is 8.53. The Bertz CT molecular complexity index is 940. The monoisotopic (exact) mass is 324 g/mol. The highest BCUT2D eigenvalue weighted by Gasteiger charge is 2.14. The second-order valence-electron chi connectivity index (χ2n) is 5.93. The summed E-state index contributed by atoms with van der Waals surface area (Å²) in [5.41, 5.74) is 4.58. The summed E-state index contributed by atoms with van der Waals surface area (Å²) in [6.07, 6.45) is 0. The minimum Gasteiger partial charge on any atom is -0.489 e. The van der Waals surface area contributed by atoms with Crippen molar-refractivity contribution in [1.29, 1.82) is 0 Å². The van der Waals surface area contributed by atoms with Crippen LogP contribution in [-0.4, -0.2) is 19.8 Å². The van der Waals surface area contributed by atoms with Gasteiger partial charge >= 0.3 is 5.69 Å². The number of nitrogens with zero attached hydrogens (tertiary/aromatic N) is 4. The molecule has 2 aromatic carbocycles. The molecule has 0 spiro atoms. The van der Waals surface area contributed by atoms with Crippen LogP contribution < -0.4 is 10.4 Å². The predicted octanol–water partition coefficient (Wildman–Crippen LogP) is 2.47. The SMILES string of the molecule is Cc1ccc(C)c(OCc2c(C)cccc2-n2nnn(C)c2=O)c1. The topological polar surface area (TPSA) is 61.9 Å². The zero-order valence-corrected chi connectivity index (χ0v) is 14.3. The van der Waals surface area contributed by atoms with E-state index in [4.69, 9.17) is 4.74 Å². The molecule has 0 bridgehead atoms. The van der Waals surface area contributed by atoms with Gasteiger partial charge < -0.3 is 4.74 Å². The average Bonchev–Trinajstić information content (AvgIpc) is 2.88. The molecule has 1 heterocycles. The fraction of sp³-hybridized carbons (Fsp3) is 0.278. The second-order valence-corrected chi connectivity index (χ2v) is 5.93. The van der Waals surface area contributed by atoms with Crippen LogP contribution >= 0.6 is 0 Å². The summed E-state index contributed by atoms with van der Waals surface area (Å²) in [7, 11) is 1.58. The number of aryl methyl sites for hydroxylation is 4. The van der Waals surface area contributed by atoms with E-state index in [-0.39, 0.29) is 5.69 Å². The lowest BCUT2D eigenvalue weighted by atomic mass is 10.1. The molecular weight excluding hydrogens is 304 g/mol. The first-order chi connectivity index (χ1) is 11.5. The molecule has 1 aromatic heterocycles. The van der Waals surface area contributed by atoms with Gasteiger partial charge in [0.05, 0.1) is 5.69 Å². The molecule has 0 radical (unpaired) electrons. The standard InChI is InChI=1S/C18H20N4O2/c1-12-8-9-14(3)17(10-12)24-11-15-13(2)6-5-7-16(15)22-18(23)21(4)19-20-22/h5-10H,11H2,1-4H3. The van der Waals surface area contributed by atoms with E-state index in [1.165, 1.54) is 9.36 Å². The lowest BCUT2D eigenvalue weighted by Crippen LogP contribution is -2.23. The minimum absolute atomic E-state index is 0.284. The molecule has 0 aliphatic carbocycles. The van der Waals surface area contributed by atoms with Crippen molar-refractivity contribution in [2.45, 2.75) is 27.4 Å². The molecule has 0 unspecified atom stereocenters. The maximum atomic E-state index is 12.2. The molecule has 124 valence electrons. The van der Waals surface area contributed by atoms with Crippen molar-refractivity contribution < 1.29 is 4.74 Å². The van der Waals surface area contributed by atoms with Crippen LogP contribution in [0.1, 0.15) is 22.3 Å². The average molecular weight is 324 g/mol. The molecule has 0 aliphatic rings. The van der Waals surface area contributed by atoms with E-state index >= 15 is 0 Å². The van der Waals surface area contributed by atoms with Gasteiger partial charge in [-0.05, 0) is 60.0 Å². The van der Waals surface area contributed by atoms with Gasteiger partial charge in [0.1, 0.15) is 12.4 Å². The summed E-state index contributed by atoms with van der Waals surface area (Å²) in [5.74, 6) is 0.843. The van der Waals surface area contributed by atoms with Gasteiger partial charge in [-0.1, -0.05) is 24.3 Å². The van der Waals surface area contributed by atoms with E-state index in [2.05, 4.69) is 16.5 Å². The third-order valence-electron chi connectivity index (χ3n) is 4.05. The van der Waals surface area contributed by atoms with E-state index in [1.54, 1.807) is 7.05 Å². The Kier molecular flexibility index (Phi) is 4.20. The van der Waals surface area contributed by atoms with Gasteiger partial charge in [0, 0.05) is 12.6 Å². The maximum absolute atomic E-state index is 12.2. The number of aromatic nitrogens is 4. The summed E-state index contributed by atoms with van der Waals surface area (Å²) in [4.78, 5) is 12.2. The van der Waals surface area contributed by atoms with Gasteiger partial charge in [-0.3, -0.25) is 0 Å². The molecule has 6 nitrogen and oxygen atoms in total. The van der Waals surface area contributed by atoms with Crippen molar-refractivity contribution >= 4 is 0 Å². The van der Waals surface area contributed by atoms with Gasteiger partial charge in [0.25, 0.3) is 0 Å². The second kappa shape index (κ2) is 6.31. The first-order valence-electron chi connectivity index (χ1n) is 7.75. The van der Waals surface area contributed by atoms with Gasteiger partial charge in [-0.2, -0.15) is 9.36 Å². The Hall–Kier alpha value is -2.89. The van der Waals surface area contributed by atoms with Crippen LogP contribution in [0.2, 0.25) is 0 Å². The van der Waals surface area contributed by atoms with Crippen LogP contribution in [0, 0.1) is 20.8 Å². The van der Waals surface area contributed by atoms with Crippen molar-refractivity contribution in [3.05, 3.63) is 69.1 Å². The van der Waals surface area contributed by atoms with Crippen molar-refractivity contribution in [2.75, 3.05) is 0 Å². The number of benzene rings is 2. The van der Waals surface area contributed by atoms with Gasteiger partial charge in [-0.15, -0.1) is 0 Å². The van der Waals surface area contributed by atoms with Crippen LogP contribution in [0.5, 0.6) is 5.75 Å². The molecule has 0 amide bonds. The fourth-order valence-electron chi connectivity index (χ4n) is 2.55. The van der Waals surface area contributed by atoms with E-state index in [1.807, 2.05) is 51.1 Å². The molecule has 6 heteroatoms. The molecule has 0 N–H and O–H groups in total. The Morgan fingerprint density at radius 1 is 1.04 bits per heavy atom. The van der Waals surface area contributed by atoms with E-state index in [0.29, 0.717) is 12.3 Å². The number of hydrogen-bond donors (Lipinski definition) is 0. The lowest BCUT2D eigenvalue weighted by molar-refractivity contribution is 0.302. The molecule has 3 aromatic rings. The Balaban J connectivity index is 1.98. The Labute approximate surface area is 140 Å². The molecule has 0 fully saturated rings. The summed E-state index contributed by atoms with van der Waals surface area (Å²) in [6, 6.07) is 11.9. The van der Waals surface area contributed by atoms with Gasteiger partial charge in [0.2, 0.25) is 0 Å². The molecule has 0 aliphatic heterocycles. The first kappa shape index (κ1) is 16.0. The molecule has 3 rings (SSSR count). The van der Waals surface area contributed by atoms with E-state index in [0.717, 1.165) is 28.0 Å². The third-order valence-corrected chi connectivity index (χ3v) is 4.05. The number of tetrazole rings is 1. The zero-order valence-electron chi connectivity index (χ0n) is 14.3. The van der Waals surface area contributed by atoms with Crippen LogP contribution in [0.3, 0.4) is 0 Å². The number of ether oxygens (including phenoxy) is 1. The Morgan fingerprint density at radius 2 is 1.83 bits per heavy atom. The normalized spacial score (nSPS) is 10.8. The molecular formula is C18H20N4O2. The minimum atomic E-state index is -0.284. The summed E-state index contributed by atoms with van der Waals surface area (Å²) >= 11 is 0. The quantitative estimate of drug-likeness (QED) is 0.739. The van der Waals surface area contributed by atoms with Crippen molar-refractivity contribution in [2.24, 2.45) is 7.05 Å².